The van der Waals surface area contributed by atoms with Crippen molar-refractivity contribution >= 4 is 11.5 Å². The normalized spacial score (nSPS) is 9.64. The molecule has 0 radical (unpaired) electrons. The summed E-state index contributed by atoms with van der Waals surface area (Å²) in [5.41, 5.74) is 3.34. The summed E-state index contributed by atoms with van der Waals surface area (Å²) in [7, 11) is 1.38. The van der Waals surface area contributed by atoms with Crippen molar-refractivity contribution in [1.29, 1.82) is 0 Å². The van der Waals surface area contributed by atoms with Crippen LogP contribution in [0.4, 0.5) is 0 Å². The molecule has 0 atom stereocenters. The van der Waals surface area contributed by atoms with Crippen LogP contribution in [0.2, 0.25) is 0 Å². The topological polar surface area (TPSA) is 26.3 Å². The molecule has 0 unspecified atom stereocenters. The molecule has 1 aromatic carbocycles. The minimum absolute atomic E-state index is 0.313. The molecular weight excluding hydrogens is 176 g/mol. The first-order chi connectivity index (χ1) is 6.56. The maximum Gasteiger partial charge on any atom is 0.338 e. The Kier molecular flexibility index (Phi) is 3.07. The van der Waals surface area contributed by atoms with Crippen molar-refractivity contribution in [2.75, 3.05) is 7.11 Å². The van der Waals surface area contributed by atoms with Gasteiger partial charge in [0.05, 0.1) is 12.7 Å². The van der Waals surface area contributed by atoms with E-state index in [-0.39, 0.29) is 5.97 Å². The molecule has 0 heterocycles. The lowest BCUT2D eigenvalue weighted by Crippen LogP contribution is -2.05. The van der Waals surface area contributed by atoms with Gasteiger partial charge in [0.2, 0.25) is 0 Å². The Bertz CT molecular complexity index is 378. The first-order valence-corrected chi connectivity index (χ1v) is 4.41. The number of hydrogen-bond donors (Lipinski definition) is 0. The van der Waals surface area contributed by atoms with Gasteiger partial charge in [-0.3, -0.25) is 0 Å². The van der Waals surface area contributed by atoms with Gasteiger partial charge in [-0.15, -0.1) is 0 Å². The average Bonchev–Trinajstić information content (AvgIpc) is 2.16. The summed E-state index contributed by atoms with van der Waals surface area (Å²) in [5.74, 6) is -0.313. The van der Waals surface area contributed by atoms with Gasteiger partial charge in [-0.2, -0.15) is 0 Å². The van der Waals surface area contributed by atoms with Crippen LogP contribution in [0.1, 0.15) is 28.4 Å². The van der Waals surface area contributed by atoms with E-state index in [1.807, 2.05) is 32.0 Å². The van der Waals surface area contributed by atoms with Gasteiger partial charge >= 0.3 is 5.97 Å². The molecule has 0 aliphatic heterocycles. The molecule has 0 N–H and O–H groups in total. The highest BCUT2D eigenvalue weighted by atomic mass is 16.5. The predicted molar refractivity (Wildman–Crippen MR) is 57.2 cm³/mol. The maximum atomic E-state index is 11.4. The van der Waals surface area contributed by atoms with E-state index in [0.29, 0.717) is 5.56 Å². The van der Waals surface area contributed by atoms with E-state index in [1.165, 1.54) is 7.11 Å². The summed E-state index contributed by atoms with van der Waals surface area (Å²) in [6.45, 7) is 7.64. The van der Waals surface area contributed by atoms with Crippen LogP contribution in [0.5, 0.6) is 0 Å². The third kappa shape index (κ3) is 2.02. The number of esters is 1. The molecule has 2 nitrogen and oxygen atoms in total. The Balaban J connectivity index is 3.29. The third-order valence-electron chi connectivity index (χ3n) is 2.04. The zero-order valence-electron chi connectivity index (χ0n) is 8.76. The highest BCUT2D eigenvalue weighted by molar-refractivity contribution is 5.95. The Morgan fingerprint density at radius 2 is 2.00 bits per heavy atom. The molecule has 0 aliphatic rings. The fourth-order valence-electron chi connectivity index (χ4n) is 1.31. The molecule has 1 aromatic rings. The van der Waals surface area contributed by atoms with Crippen LogP contribution in [-0.2, 0) is 4.74 Å². The number of ether oxygens (including phenoxy) is 1. The van der Waals surface area contributed by atoms with Gasteiger partial charge in [0, 0.05) is 0 Å². The van der Waals surface area contributed by atoms with E-state index >= 15 is 0 Å². The summed E-state index contributed by atoms with van der Waals surface area (Å²) in [5, 5.41) is 0. The second-order valence-electron chi connectivity index (χ2n) is 3.32. The molecular formula is C12H14O2. The van der Waals surface area contributed by atoms with Gasteiger partial charge in [-0.1, -0.05) is 29.8 Å². The Hall–Kier alpha value is -1.57. The SMILES string of the molecule is C=C(C)c1ccc(C)cc1C(=O)OC. The molecule has 0 aliphatic carbocycles. The largest absolute Gasteiger partial charge is 0.465 e. The van der Waals surface area contributed by atoms with E-state index in [9.17, 15) is 4.79 Å². The Morgan fingerprint density at radius 3 is 2.50 bits per heavy atom. The second-order valence-corrected chi connectivity index (χ2v) is 3.32. The molecule has 0 aromatic heterocycles. The number of methoxy groups -OCH3 is 1. The van der Waals surface area contributed by atoms with E-state index in [4.69, 9.17) is 4.74 Å². The van der Waals surface area contributed by atoms with Crippen LogP contribution in [0.3, 0.4) is 0 Å². The smallest absolute Gasteiger partial charge is 0.338 e. The fraction of sp³-hybridized carbons (Fsp3) is 0.250. The van der Waals surface area contributed by atoms with E-state index in [0.717, 1.165) is 16.7 Å². The lowest BCUT2D eigenvalue weighted by atomic mass is 10.00. The molecule has 0 amide bonds. The lowest BCUT2D eigenvalue weighted by molar-refractivity contribution is 0.0600. The van der Waals surface area contributed by atoms with Gasteiger partial charge in [0.25, 0.3) is 0 Å². The lowest BCUT2D eigenvalue weighted by Gasteiger charge is -2.08. The first-order valence-electron chi connectivity index (χ1n) is 4.41. The van der Waals surface area contributed by atoms with Crippen molar-refractivity contribution in [2.24, 2.45) is 0 Å². The molecule has 0 saturated carbocycles. The minimum Gasteiger partial charge on any atom is -0.465 e. The van der Waals surface area contributed by atoms with E-state index in [1.54, 1.807) is 0 Å². The standard InChI is InChI=1S/C12H14O2/c1-8(2)10-6-5-9(3)7-11(10)12(13)14-4/h5-7H,1H2,2-4H3. The maximum absolute atomic E-state index is 11.4. The van der Waals surface area contributed by atoms with Crippen LogP contribution in [-0.4, -0.2) is 13.1 Å². The number of aryl methyl sites for hydroxylation is 1. The fourth-order valence-corrected chi connectivity index (χ4v) is 1.31. The van der Waals surface area contributed by atoms with Crippen molar-refractivity contribution < 1.29 is 9.53 Å². The summed E-state index contributed by atoms with van der Waals surface area (Å²) < 4.78 is 4.70. The number of carbonyl (C=O) groups is 1. The molecule has 74 valence electrons. The summed E-state index contributed by atoms with van der Waals surface area (Å²) in [6.07, 6.45) is 0. The molecule has 0 fully saturated rings. The molecule has 0 spiro atoms. The first kappa shape index (κ1) is 10.5. The Morgan fingerprint density at radius 1 is 1.36 bits per heavy atom. The number of rotatable bonds is 2. The zero-order valence-corrected chi connectivity index (χ0v) is 8.76. The average molecular weight is 190 g/mol. The van der Waals surface area contributed by atoms with E-state index in [2.05, 4.69) is 6.58 Å². The molecule has 1 rings (SSSR count). The van der Waals surface area contributed by atoms with Gasteiger partial charge in [0.15, 0.2) is 0 Å². The second kappa shape index (κ2) is 4.09. The zero-order chi connectivity index (χ0) is 10.7. The van der Waals surface area contributed by atoms with E-state index < -0.39 is 0 Å². The minimum atomic E-state index is -0.313. The molecule has 0 bridgehead atoms. The van der Waals surface area contributed by atoms with Crippen LogP contribution >= 0.6 is 0 Å². The van der Waals surface area contributed by atoms with Crippen LogP contribution < -0.4 is 0 Å². The van der Waals surface area contributed by atoms with Gasteiger partial charge < -0.3 is 4.74 Å². The van der Waals surface area contributed by atoms with Crippen molar-refractivity contribution in [1.82, 2.24) is 0 Å². The van der Waals surface area contributed by atoms with Crippen molar-refractivity contribution in [3.8, 4) is 0 Å². The number of hydrogen-bond acceptors (Lipinski definition) is 2. The molecule has 14 heavy (non-hydrogen) atoms. The van der Waals surface area contributed by atoms with Gasteiger partial charge in [0.1, 0.15) is 0 Å². The van der Waals surface area contributed by atoms with Crippen LogP contribution in [0.25, 0.3) is 5.57 Å². The predicted octanol–water partition coefficient (Wildman–Crippen LogP) is 2.81. The van der Waals surface area contributed by atoms with Gasteiger partial charge in [-0.25, -0.2) is 4.79 Å². The van der Waals surface area contributed by atoms with Crippen molar-refractivity contribution in [3.05, 3.63) is 41.5 Å². The summed E-state index contributed by atoms with van der Waals surface area (Å²) in [4.78, 5) is 11.4. The van der Waals surface area contributed by atoms with Crippen molar-refractivity contribution in [3.63, 3.8) is 0 Å². The molecule has 0 saturated heterocycles. The van der Waals surface area contributed by atoms with Crippen LogP contribution in [0.15, 0.2) is 24.8 Å². The monoisotopic (exact) mass is 190 g/mol. The Labute approximate surface area is 84.2 Å². The highest BCUT2D eigenvalue weighted by Gasteiger charge is 2.11. The number of allylic oxidation sites excluding steroid dienone is 1. The van der Waals surface area contributed by atoms with Crippen LogP contribution in [0, 0.1) is 6.92 Å². The van der Waals surface area contributed by atoms with Gasteiger partial charge in [-0.05, 0) is 25.5 Å². The summed E-state index contributed by atoms with van der Waals surface area (Å²) >= 11 is 0. The summed E-state index contributed by atoms with van der Waals surface area (Å²) in [6, 6.07) is 5.66. The quantitative estimate of drug-likeness (QED) is 0.670. The van der Waals surface area contributed by atoms with Crippen molar-refractivity contribution in [2.45, 2.75) is 13.8 Å². The highest BCUT2D eigenvalue weighted by Crippen LogP contribution is 2.19. The number of carbonyl (C=O) groups excluding carboxylic acids is 1. The third-order valence-corrected chi connectivity index (χ3v) is 2.04. The molecule has 2 heteroatoms. The number of benzene rings is 1.